The van der Waals surface area contributed by atoms with E-state index in [0.717, 1.165) is 19.8 Å². The van der Waals surface area contributed by atoms with E-state index in [9.17, 15) is 22.0 Å². The average molecular weight is 304 g/mol. The van der Waals surface area contributed by atoms with Crippen LogP contribution in [0.15, 0.2) is 17.0 Å². The zero-order valence-electron chi connectivity index (χ0n) is 10.7. The van der Waals surface area contributed by atoms with Gasteiger partial charge in [0.1, 0.15) is 21.8 Å². The van der Waals surface area contributed by atoms with Crippen molar-refractivity contribution < 1.29 is 22.0 Å². The van der Waals surface area contributed by atoms with E-state index < -0.39 is 37.5 Å². The normalized spacial score (nSPS) is 16.8. The lowest BCUT2D eigenvalue weighted by atomic mass is 10.3. The van der Waals surface area contributed by atoms with Crippen molar-refractivity contribution in [3.05, 3.63) is 23.8 Å². The highest BCUT2D eigenvalue weighted by Gasteiger charge is 2.36. The predicted octanol–water partition coefficient (Wildman–Crippen LogP) is 0.988. The molecule has 1 aromatic carbocycles. The molecule has 110 valence electrons. The van der Waals surface area contributed by atoms with E-state index in [0.29, 0.717) is 12.1 Å². The highest BCUT2D eigenvalue weighted by Crippen LogP contribution is 2.26. The Balaban J connectivity index is 2.36. The molecule has 3 N–H and O–H groups in total. The van der Waals surface area contributed by atoms with Crippen LogP contribution in [0.3, 0.4) is 0 Å². The van der Waals surface area contributed by atoms with Crippen LogP contribution < -0.4 is 11.1 Å². The second-order valence-corrected chi connectivity index (χ2v) is 6.99. The molecule has 1 fully saturated rings. The lowest BCUT2D eigenvalue weighted by Gasteiger charge is -2.14. The summed E-state index contributed by atoms with van der Waals surface area (Å²) in [6.45, 7) is 1.10. The van der Waals surface area contributed by atoms with E-state index in [2.05, 4.69) is 5.32 Å². The van der Waals surface area contributed by atoms with E-state index in [-0.39, 0.29) is 11.7 Å². The summed E-state index contributed by atoms with van der Waals surface area (Å²) in [7, 11) is -4.45. The van der Waals surface area contributed by atoms with Crippen LogP contribution in [0.2, 0.25) is 0 Å². The summed E-state index contributed by atoms with van der Waals surface area (Å²) in [5, 5.41) is 0.919. The smallest absolute Gasteiger partial charge is 0.238 e. The minimum absolute atomic E-state index is 0.0405. The van der Waals surface area contributed by atoms with Gasteiger partial charge in [-0.2, -0.15) is 0 Å². The molecular formula is C12H14F2N2O3S. The molecule has 0 radical (unpaired) electrons. The first-order chi connectivity index (χ1) is 9.23. The number of amides is 1. The first-order valence-corrected chi connectivity index (χ1v) is 7.57. The molecule has 1 amide bonds. The summed E-state index contributed by atoms with van der Waals surface area (Å²) in [5.74, 6) is -3.36. The number of halogens is 2. The Labute approximate surface area is 115 Å². The molecule has 1 unspecified atom stereocenters. The Hall–Kier alpha value is -1.70. The van der Waals surface area contributed by atoms with Gasteiger partial charge in [0.15, 0.2) is 9.84 Å². The number of hydrogen-bond acceptors (Lipinski definition) is 4. The van der Waals surface area contributed by atoms with Crippen molar-refractivity contribution in [3.63, 3.8) is 0 Å². The molecule has 1 atom stereocenters. The molecule has 5 nitrogen and oxygen atoms in total. The number of nitrogens with one attached hydrogen (secondary N) is 1. The number of carbonyl (C=O) groups excluding carboxylic acids is 1. The van der Waals surface area contributed by atoms with Crippen molar-refractivity contribution in [3.8, 4) is 0 Å². The van der Waals surface area contributed by atoms with Gasteiger partial charge in [-0.15, -0.1) is 0 Å². The van der Waals surface area contributed by atoms with Crippen LogP contribution in [-0.4, -0.2) is 25.6 Å². The van der Waals surface area contributed by atoms with Crippen molar-refractivity contribution >= 4 is 21.4 Å². The van der Waals surface area contributed by atoms with E-state index in [4.69, 9.17) is 5.73 Å². The Morgan fingerprint density at radius 1 is 1.35 bits per heavy atom. The molecule has 1 aromatic rings. The topological polar surface area (TPSA) is 89.3 Å². The average Bonchev–Trinajstić information content (AvgIpc) is 3.09. The predicted molar refractivity (Wildman–Crippen MR) is 68.6 cm³/mol. The molecule has 0 heterocycles. The number of nitrogen functional groups attached to an aromatic ring is 1. The van der Waals surface area contributed by atoms with Crippen LogP contribution in [0.1, 0.15) is 19.8 Å². The summed E-state index contributed by atoms with van der Waals surface area (Å²) in [6.07, 6.45) is 1.56. The summed E-state index contributed by atoms with van der Waals surface area (Å²) < 4.78 is 51.6. The van der Waals surface area contributed by atoms with Crippen LogP contribution in [0.5, 0.6) is 0 Å². The quantitative estimate of drug-likeness (QED) is 0.812. The Kier molecular flexibility index (Phi) is 3.68. The van der Waals surface area contributed by atoms with E-state index in [1.54, 1.807) is 0 Å². The Morgan fingerprint density at radius 2 is 1.85 bits per heavy atom. The van der Waals surface area contributed by atoms with Crippen molar-refractivity contribution in [2.75, 3.05) is 5.73 Å². The van der Waals surface area contributed by atoms with E-state index in [1.807, 2.05) is 0 Å². The molecule has 0 bridgehead atoms. The van der Waals surface area contributed by atoms with Gasteiger partial charge in [-0.05, 0) is 31.9 Å². The minimum Gasteiger partial charge on any atom is -0.399 e. The van der Waals surface area contributed by atoms with Gasteiger partial charge in [0.05, 0.1) is 0 Å². The number of hydrogen-bond donors (Lipinski definition) is 2. The molecule has 1 aliphatic rings. The number of sulfone groups is 1. The van der Waals surface area contributed by atoms with Gasteiger partial charge in [0, 0.05) is 11.7 Å². The van der Waals surface area contributed by atoms with Gasteiger partial charge >= 0.3 is 0 Å². The molecule has 0 saturated heterocycles. The minimum atomic E-state index is -4.45. The standard InChI is InChI=1S/C12H14F2N2O3S/c1-6(12(17)16-8-2-3-8)20(18,19)11-9(13)4-7(15)5-10(11)14/h4-6,8H,2-3,15H2,1H3,(H,16,17). The summed E-state index contributed by atoms with van der Waals surface area (Å²) >= 11 is 0. The molecule has 8 heteroatoms. The van der Waals surface area contributed by atoms with Gasteiger partial charge in [0.25, 0.3) is 0 Å². The summed E-state index contributed by atoms with van der Waals surface area (Å²) in [6, 6.07) is 1.38. The number of benzene rings is 1. The third kappa shape index (κ3) is 2.74. The number of anilines is 1. The Morgan fingerprint density at radius 3 is 2.30 bits per heavy atom. The third-order valence-corrected chi connectivity index (χ3v) is 5.17. The monoisotopic (exact) mass is 304 g/mol. The lowest BCUT2D eigenvalue weighted by Crippen LogP contribution is -2.39. The molecule has 0 spiro atoms. The molecular weight excluding hydrogens is 290 g/mol. The number of rotatable bonds is 4. The van der Waals surface area contributed by atoms with E-state index >= 15 is 0 Å². The van der Waals surface area contributed by atoms with Gasteiger partial charge in [-0.3, -0.25) is 4.79 Å². The molecule has 1 saturated carbocycles. The zero-order chi connectivity index (χ0) is 15.1. The molecule has 20 heavy (non-hydrogen) atoms. The van der Waals surface area contributed by atoms with Crippen LogP contribution in [0.4, 0.5) is 14.5 Å². The van der Waals surface area contributed by atoms with Gasteiger partial charge in [0.2, 0.25) is 5.91 Å². The van der Waals surface area contributed by atoms with Gasteiger partial charge in [-0.25, -0.2) is 17.2 Å². The van der Waals surface area contributed by atoms with E-state index in [1.165, 1.54) is 0 Å². The maximum atomic E-state index is 13.7. The lowest BCUT2D eigenvalue weighted by molar-refractivity contribution is -0.120. The van der Waals surface area contributed by atoms with Gasteiger partial charge in [-0.1, -0.05) is 0 Å². The van der Waals surface area contributed by atoms with Gasteiger partial charge < -0.3 is 11.1 Å². The van der Waals surface area contributed by atoms with Crippen LogP contribution >= 0.6 is 0 Å². The van der Waals surface area contributed by atoms with Crippen LogP contribution in [-0.2, 0) is 14.6 Å². The van der Waals surface area contributed by atoms with Crippen molar-refractivity contribution in [1.82, 2.24) is 5.32 Å². The fraction of sp³-hybridized carbons (Fsp3) is 0.417. The second kappa shape index (κ2) is 5.01. The fourth-order valence-electron chi connectivity index (χ4n) is 1.72. The van der Waals surface area contributed by atoms with Crippen LogP contribution in [0.25, 0.3) is 0 Å². The molecule has 0 aromatic heterocycles. The first kappa shape index (κ1) is 14.7. The first-order valence-electron chi connectivity index (χ1n) is 6.02. The maximum Gasteiger partial charge on any atom is 0.238 e. The molecule has 0 aliphatic heterocycles. The molecule has 2 rings (SSSR count). The molecule has 1 aliphatic carbocycles. The SMILES string of the molecule is CC(C(=O)NC1CC1)S(=O)(=O)c1c(F)cc(N)cc1F. The van der Waals surface area contributed by atoms with Crippen molar-refractivity contribution in [2.45, 2.75) is 36.0 Å². The fourth-order valence-corrected chi connectivity index (χ4v) is 3.08. The van der Waals surface area contributed by atoms with Crippen molar-refractivity contribution in [2.24, 2.45) is 0 Å². The van der Waals surface area contributed by atoms with Crippen LogP contribution in [0, 0.1) is 11.6 Å². The highest BCUT2D eigenvalue weighted by molar-refractivity contribution is 7.92. The Bertz CT molecular complexity index is 634. The summed E-state index contributed by atoms with van der Waals surface area (Å²) in [4.78, 5) is 10.6. The number of carbonyl (C=O) groups is 1. The largest absolute Gasteiger partial charge is 0.399 e. The van der Waals surface area contributed by atoms with Crippen molar-refractivity contribution in [1.29, 1.82) is 0 Å². The highest BCUT2D eigenvalue weighted by atomic mass is 32.2. The summed E-state index contributed by atoms with van der Waals surface area (Å²) in [5.41, 5.74) is 5.00. The third-order valence-electron chi connectivity index (χ3n) is 3.06. The number of nitrogens with two attached hydrogens (primary N) is 1. The maximum absolute atomic E-state index is 13.7. The zero-order valence-corrected chi connectivity index (χ0v) is 11.5. The second-order valence-electron chi connectivity index (χ2n) is 4.78.